The topological polar surface area (TPSA) is 30.9 Å². The van der Waals surface area contributed by atoms with Gasteiger partial charge >= 0.3 is 0 Å². The molecule has 0 radical (unpaired) electrons. The van der Waals surface area contributed by atoms with Crippen molar-refractivity contribution in [3.8, 4) is 0 Å². The minimum absolute atomic E-state index is 0.601. The second-order valence-corrected chi connectivity index (χ2v) is 8.02. The summed E-state index contributed by atoms with van der Waals surface area (Å²) in [5, 5.41) is 3.64. The van der Waals surface area contributed by atoms with E-state index in [0.717, 1.165) is 18.4 Å². The van der Waals surface area contributed by atoms with Crippen LogP contribution < -0.4 is 5.32 Å². The van der Waals surface area contributed by atoms with Crippen LogP contribution in [0, 0.1) is 11.3 Å². The number of likely N-dealkylation sites (tertiary alicyclic amines) is 2. The van der Waals surface area contributed by atoms with Gasteiger partial charge in [0.25, 0.3) is 0 Å². The maximum atomic E-state index is 4.54. The number of aliphatic imine (C=N–C) groups is 1. The summed E-state index contributed by atoms with van der Waals surface area (Å²) in [6, 6.07) is 0.601. The summed E-state index contributed by atoms with van der Waals surface area (Å²) in [6.45, 7) is 10.7. The summed E-state index contributed by atoms with van der Waals surface area (Å²) in [5.41, 5.74) is 0.645. The van der Waals surface area contributed by atoms with Crippen molar-refractivity contribution in [1.82, 2.24) is 15.1 Å². The van der Waals surface area contributed by atoms with E-state index in [1.807, 2.05) is 7.05 Å². The molecule has 0 bridgehead atoms. The first-order valence-electron chi connectivity index (χ1n) is 9.31. The Morgan fingerprint density at radius 2 is 1.95 bits per heavy atom. The smallest absolute Gasteiger partial charge is 0.193 e. The fraction of sp³-hybridized carbons (Fsp3) is 0.944. The van der Waals surface area contributed by atoms with Gasteiger partial charge in [-0.25, -0.2) is 0 Å². The second-order valence-electron chi connectivity index (χ2n) is 8.02. The standard InChI is InChI=1S/C18H34N4/c1-15-5-10-21(11-6-15)16(2)13-20-17(19-3)22-12-9-18(14-22)7-4-8-18/h15-16H,4-14H2,1-3H3,(H,19,20). The normalized spacial score (nSPS) is 28.0. The average Bonchev–Trinajstić information content (AvgIpc) is 2.94. The zero-order valence-corrected chi connectivity index (χ0v) is 14.8. The van der Waals surface area contributed by atoms with Crippen molar-refractivity contribution in [2.24, 2.45) is 16.3 Å². The minimum atomic E-state index is 0.601. The fourth-order valence-corrected chi connectivity index (χ4v) is 4.37. The second kappa shape index (κ2) is 6.77. The first kappa shape index (κ1) is 16.1. The molecule has 3 rings (SSSR count). The number of rotatable bonds is 3. The van der Waals surface area contributed by atoms with Gasteiger partial charge in [-0.1, -0.05) is 13.3 Å². The molecule has 4 nitrogen and oxygen atoms in total. The van der Waals surface area contributed by atoms with Gasteiger partial charge in [-0.3, -0.25) is 9.89 Å². The first-order valence-corrected chi connectivity index (χ1v) is 9.31. The molecule has 2 aliphatic heterocycles. The minimum Gasteiger partial charge on any atom is -0.355 e. The van der Waals surface area contributed by atoms with Crippen LogP contribution in [0.25, 0.3) is 0 Å². The van der Waals surface area contributed by atoms with Crippen LogP contribution >= 0.6 is 0 Å². The number of nitrogens with zero attached hydrogens (tertiary/aromatic N) is 3. The van der Waals surface area contributed by atoms with Crippen LogP contribution in [0.15, 0.2) is 4.99 Å². The lowest BCUT2D eigenvalue weighted by Gasteiger charge is -2.38. The third-order valence-corrected chi connectivity index (χ3v) is 6.36. The van der Waals surface area contributed by atoms with Crippen LogP contribution in [0.5, 0.6) is 0 Å². The molecule has 4 heteroatoms. The Kier molecular flexibility index (Phi) is 4.96. The van der Waals surface area contributed by atoms with Gasteiger partial charge in [-0.05, 0) is 63.5 Å². The Hall–Kier alpha value is -0.770. The van der Waals surface area contributed by atoms with Crippen LogP contribution in [0.3, 0.4) is 0 Å². The van der Waals surface area contributed by atoms with Crippen molar-refractivity contribution < 1.29 is 0 Å². The number of guanidine groups is 1. The van der Waals surface area contributed by atoms with Crippen molar-refractivity contribution in [2.45, 2.75) is 58.4 Å². The van der Waals surface area contributed by atoms with Crippen molar-refractivity contribution >= 4 is 5.96 Å². The summed E-state index contributed by atoms with van der Waals surface area (Å²) in [7, 11) is 1.93. The highest BCUT2D eigenvalue weighted by Crippen LogP contribution is 2.47. The predicted octanol–water partition coefficient (Wildman–Crippen LogP) is 2.56. The highest BCUT2D eigenvalue weighted by molar-refractivity contribution is 5.80. The molecule has 2 saturated heterocycles. The zero-order valence-electron chi connectivity index (χ0n) is 14.8. The predicted molar refractivity (Wildman–Crippen MR) is 93.3 cm³/mol. The molecule has 0 amide bonds. The van der Waals surface area contributed by atoms with Gasteiger partial charge in [0.15, 0.2) is 5.96 Å². The Morgan fingerprint density at radius 1 is 1.23 bits per heavy atom. The molecule has 1 N–H and O–H groups in total. The summed E-state index contributed by atoms with van der Waals surface area (Å²) >= 11 is 0. The van der Waals surface area contributed by atoms with Crippen molar-refractivity contribution in [3.05, 3.63) is 0 Å². The third-order valence-electron chi connectivity index (χ3n) is 6.36. The van der Waals surface area contributed by atoms with E-state index in [9.17, 15) is 0 Å². The van der Waals surface area contributed by atoms with Gasteiger partial charge in [0.1, 0.15) is 0 Å². The average molecular weight is 306 g/mol. The van der Waals surface area contributed by atoms with E-state index in [1.165, 1.54) is 64.7 Å². The molecular weight excluding hydrogens is 272 g/mol. The van der Waals surface area contributed by atoms with Crippen molar-refractivity contribution in [1.29, 1.82) is 0 Å². The van der Waals surface area contributed by atoms with Crippen molar-refractivity contribution in [2.75, 3.05) is 39.8 Å². The Labute approximate surface area is 136 Å². The monoisotopic (exact) mass is 306 g/mol. The molecule has 1 spiro atoms. The van der Waals surface area contributed by atoms with Gasteiger partial charge in [-0.2, -0.15) is 0 Å². The zero-order chi connectivity index (χ0) is 15.6. The lowest BCUT2D eigenvalue weighted by Crippen LogP contribution is -2.49. The summed E-state index contributed by atoms with van der Waals surface area (Å²) < 4.78 is 0. The van der Waals surface area contributed by atoms with Gasteiger partial charge in [-0.15, -0.1) is 0 Å². The van der Waals surface area contributed by atoms with E-state index in [2.05, 4.69) is 34.0 Å². The van der Waals surface area contributed by atoms with Crippen LogP contribution in [0.4, 0.5) is 0 Å². The largest absolute Gasteiger partial charge is 0.355 e. The first-order chi connectivity index (χ1) is 10.6. The number of hydrogen-bond donors (Lipinski definition) is 1. The molecule has 2 heterocycles. The molecule has 1 atom stereocenters. The van der Waals surface area contributed by atoms with E-state index < -0.39 is 0 Å². The Bertz CT molecular complexity index is 394. The van der Waals surface area contributed by atoms with Gasteiger partial charge in [0.2, 0.25) is 0 Å². The summed E-state index contributed by atoms with van der Waals surface area (Å²) in [4.78, 5) is 9.66. The molecule has 126 valence electrons. The van der Waals surface area contributed by atoms with Gasteiger partial charge in [0, 0.05) is 32.7 Å². The van der Waals surface area contributed by atoms with Crippen LogP contribution in [-0.4, -0.2) is 61.6 Å². The fourth-order valence-electron chi connectivity index (χ4n) is 4.37. The third kappa shape index (κ3) is 3.42. The molecule has 1 unspecified atom stereocenters. The Morgan fingerprint density at radius 3 is 2.50 bits per heavy atom. The quantitative estimate of drug-likeness (QED) is 0.642. The van der Waals surface area contributed by atoms with Gasteiger partial charge < -0.3 is 10.2 Å². The molecule has 3 aliphatic rings. The highest BCUT2D eigenvalue weighted by Gasteiger charge is 2.43. The molecule has 3 fully saturated rings. The highest BCUT2D eigenvalue weighted by atomic mass is 15.3. The Balaban J connectivity index is 1.45. The van der Waals surface area contributed by atoms with E-state index >= 15 is 0 Å². The lowest BCUT2D eigenvalue weighted by atomic mass is 9.68. The molecule has 0 aromatic carbocycles. The van der Waals surface area contributed by atoms with Crippen LogP contribution in [0.2, 0.25) is 0 Å². The van der Waals surface area contributed by atoms with E-state index in [0.29, 0.717) is 11.5 Å². The maximum absolute atomic E-state index is 4.54. The van der Waals surface area contributed by atoms with E-state index in [4.69, 9.17) is 0 Å². The molecule has 1 saturated carbocycles. The number of piperidine rings is 1. The lowest BCUT2D eigenvalue weighted by molar-refractivity contribution is 0.145. The summed E-state index contributed by atoms with van der Waals surface area (Å²) in [6.07, 6.45) is 8.38. The van der Waals surface area contributed by atoms with Gasteiger partial charge in [0.05, 0.1) is 0 Å². The number of nitrogens with one attached hydrogen (secondary N) is 1. The SMILES string of the molecule is CN=C(NCC(C)N1CCC(C)CC1)N1CCC2(CCC2)C1. The van der Waals surface area contributed by atoms with E-state index in [-0.39, 0.29) is 0 Å². The molecule has 1 aliphatic carbocycles. The van der Waals surface area contributed by atoms with Crippen LogP contribution in [-0.2, 0) is 0 Å². The van der Waals surface area contributed by atoms with E-state index in [1.54, 1.807) is 0 Å². The number of hydrogen-bond acceptors (Lipinski definition) is 2. The van der Waals surface area contributed by atoms with Crippen LogP contribution in [0.1, 0.15) is 52.4 Å². The maximum Gasteiger partial charge on any atom is 0.193 e. The van der Waals surface area contributed by atoms with Crippen molar-refractivity contribution in [3.63, 3.8) is 0 Å². The summed E-state index contributed by atoms with van der Waals surface area (Å²) in [5.74, 6) is 2.04. The molecule has 0 aromatic heterocycles. The molecule has 0 aromatic rings. The molecule has 22 heavy (non-hydrogen) atoms. The molecular formula is C18H34N4.